The van der Waals surface area contributed by atoms with Crippen LogP contribution in [-0.4, -0.2) is 7.05 Å². The highest BCUT2D eigenvalue weighted by Gasteiger charge is 2.32. The van der Waals surface area contributed by atoms with Crippen LogP contribution in [0, 0.1) is 11.3 Å². The van der Waals surface area contributed by atoms with Crippen molar-refractivity contribution in [1.82, 2.24) is 0 Å². The van der Waals surface area contributed by atoms with E-state index in [0.717, 1.165) is 16.6 Å². The Labute approximate surface area is 133 Å². The van der Waals surface area contributed by atoms with Crippen LogP contribution in [0.2, 0.25) is 5.02 Å². The lowest BCUT2D eigenvalue weighted by molar-refractivity contribution is 0.922. The van der Waals surface area contributed by atoms with Gasteiger partial charge in [-0.05, 0) is 36.5 Å². The number of rotatable bonds is 4. The summed E-state index contributed by atoms with van der Waals surface area (Å²) in [6, 6.07) is 10.1. The molecular formula is C16H16ClN3S. The molecule has 0 bridgehead atoms. The highest BCUT2D eigenvalue weighted by Crippen LogP contribution is 2.51. The Morgan fingerprint density at radius 2 is 2.05 bits per heavy atom. The van der Waals surface area contributed by atoms with Crippen LogP contribution in [0.3, 0.4) is 0 Å². The monoisotopic (exact) mass is 317 g/mol. The van der Waals surface area contributed by atoms with Gasteiger partial charge >= 0.3 is 0 Å². The topological polar surface area (TPSA) is 53.0 Å². The number of nitriles is 1. The molecular weight excluding hydrogens is 302 g/mol. The third-order valence-electron chi connectivity index (χ3n) is 3.73. The quantitative estimate of drug-likeness (QED) is 0.911. The molecule has 0 unspecified atom stereocenters. The summed E-state index contributed by atoms with van der Waals surface area (Å²) in [5.41, 5.74) is 9.20. The van der Waals surface area contributed by atoms with Gasteiger partial charge in [0, 0.05) is 24.2 Å². The van der Waals surface area contributed by atoms with Crippen LogP contribution in [0.15, 0.2) is 24.3 Å². The van der Waals surface area contributed by atoms with Crippen molar-refractivity contribution in [3.05, 3.63) is 45.3 Å². The van der Waals surface area contributed by atoms with Crippen molar-refractivity contribution >= 4 is 33.6 Å². The van der Waals surface area contributed by atoms with E-state index in [9.17, 15) is 5.26 Å². The summed E-state index contributed by atoms with van der Waals surface area (Å²) < 4.78 is 0. The molecule has 1 heterocycles. The number of hydrogen-bond donors (Lipinski definition) is 1. The van der Waals surface area contributed by atoms with Gasteiger partial charge in [-0.15, -0.1) is 11.3 Å². The minimum Gasteiger partial charge on any atom is -0.397 e. The molecule has 1 aliphatic rings. The van der Waals surface area contributed by atoms with E-state index in [1.807, 2.05) is 31.3 Å². The summed E-state index contributed by atoms with van der Waals surface area (Å²) >= 11 is 7.42. The molecule has 1 aromatic heterocycles. The number of anilines is 2. The SMILES string of the molecule is CN(Cc1ccc(Cl)cc1)c1sc(C#N)c(N)c1C1CC1. The number of benzene rings is 1. The smallest absolute Gasteiger partial charge is 0.130 e. The van der Waals surface area contributed by atoms with Gasteiger partial charge in [-0.1, -0.05) is 23.7 Å². The summed E-state index contributed by atoms with van der Waals surface area (Å²) in [5, 5.41) is 11.1. The molecule has 1 fully saturated rings. The normalized spacial score (nSPS) is 14.0. The predicted octanol–water partition coefficient (Wildman–Crippen LogP) is 4.37. The summed E-state index contributed by atoms with van der Waals surface area (Å²) in [7, 11) is 2.05. The van der Waals surface area contributed by atoms with E-state index in [1.165, 1.54) is 35.3 Å². The molecule has 5 heteroatoms. The highest BCUT2D eigenvalue weighted by molar-refractivity contribution is 7.17. The standard InChI is InChI=1S/C16H16ClN3S/c1-20(9-10-2-6-12(17)7-3-10)16-14(11-4-5-11)15(19)13(8-18)21-16/h2-3,6-7,11H,4-5,9,19H2,1H3. The Balaban J connectivity index is 1.89. The molecule has 1 aromatic carbocycles. The molecule has 3 rings (SSSR count). The molecule has 3 nitrogen and oxygen atoms in total. The van der Waals surface area contributed by atoms with Crippen LogP contribution in [0.5, 0.6) is 0 Å². The van der Waals surface area contributed by atoms with E-state index in [4.69, 9.17) is 17.3 Å². The Bertz CT molecular complexity index is 696. The van der Waals surface area contributed by atoms with Crippen molar-refractivity contribution in [2.45, 2.75) is 25.3 Å². The van der Waals surface area contributed by atoms with Gasteiger partial charge in [-0.25, -0.2) is 0 Å². The van der Waals surface area contributed by atoms with Gasteiger partial charge in [0.2, 0.25) is 0 Å². The van der Waals surface area contributed by atoms with Crippen LogP contribution < -0.4 is 10.6 Å². The van der Waals surface area contributed by atoms with Crippen LogP contribution in [0.1, 0.15) is 34.8 Å². The Morgan fingerprint density at radius 1 is 1.38 bits per heavy atom. The molecule has 0 saturated heterocycles. The highest BCUT2D eigenvalue weighted by atomic mass is 35.5. The fourth-order valence-corrected chi connectivity index (χ4v) is 3.70. The van der Waals surface area contributed by atoms with E-state index in [1.54, 1.807) is 0 Å². The molecule has 2 aromatic rings. The first kappa shape index (κ1) is 14.2. The van der Waals surface area contributed by atoms with Crippen LogP contribution in [-0.2, 0) is 6.54 Å². The molecule has 0 spiro atoms. The number of nitrogens with zero attached hydrogens (tertiary/aromatic N) is 2. The maximum absolute atomic E-state index is 9.21. The minimum absolute atomic E-state index is 0.533. The molecule has 21 heavy (non-hydrogen) atoms. The van der Waals surface area contributed by atoms with Gasteiger partial charge in [0.1, 0.15) is 10.9 Å². The number of hydrogen-bond acceptors (Lipinski definition) is 4. The lowest BCUT2D eigenvalue weighted by Gasteiger charge is -2.19. The number of halogens is 1. The van der Waals surface area contributed by atoms with Crippen molar-refractivity contribution in [1.29, 1.82) is 5.26 Å². The molecule has 2 N–H and O–H groups in total. The van der Waals surface area contributed by atoms with Gasteiger partial charge in [-0.3, -0.25) is 0 Å². The summed E-state index contributed by atoms with van der Waals surface area (Å²) in [6.07, 6.45) is 2.35. The van der Waals surface area contributed by atoms with E-state index in [-0.39, 0.29) is 0 Å². The third-order valence-corrected chi connectivity index (χ3v) is 5.22. The summed E-state index contributed by atoms with van der Waals surface area (Å²) in [5.74, 6) is 0.533. The maximum atomic E-state index is 9.21. The molecule has 0 aliphatic heterocycles. The van der Waals surface area contributed by atoms with Gasteiger partial charge < -0.3 is 10.6 Å². The first-order valence-corrected chi connectivity index (χ1v) is 8.07. The van der Waals surface area contributed by atoms with Gasteiger partial charge in [0.25, 0.3) is 0 Å². The summed E-state index contributed by atoms with van der Waals surface area (Å²) in [6.45, 7) is 0.779. The van der Waals surface area contributed by atoms with E-state index in [0.29, 0.717) is 16.5 Å². The van der Waals surface area contributed by atoms with Crippen LogP contribution in [0.25, 0.3) is 0 Å². The number of nitrogen functional groups attached to an aromatic ring is 1. The molecule has 108 valence electrons. The van der Waals surface area contributed by atoms with Gasteiger partial charge in [0.15, 0.2) is 0 Å². The largest absolute Gasteiger partial charge is 0.397 e. The van der Waals surface area contributed by atoms with Crippen molar-refractivity contribution in [2.75, 3.05) is 17.7 Å². The van der Waals surface area contributed by atoms with Crippen LogP contribution in [0.4, 0.5) is 10.7 Å². The van der Waals surface area contributed by atoms with E-state index >= 15 is 0 Å². The molecule has 0 amide bonds. The molecule has 0 radical (unpaired) electrons. The second kappa shape index (κ2) is 5.59. The third kappa shape index (κ3) is 2.85. The zero-order valence-corrected chi connectivity index (χ0v) is 13.3. The fraction of sp³-hybridized carbons (Fsp3) is 0.312. The van der Waals surface area contributed by atoms with E-state index in [2.05, 4.69) is 11.0 Å². The second-order valence-corrected chi connectivity index (χ2v) is 6.87. The van der Waals surface area contributed by atoms with Crippen molar-refractivity contribution in [2.24, 2.45) is 0 Å². The van der Waals surface area contributed by atoms with Crippen LogP contribution >= 0.6 is 22.9 Å². The Hall–Kier alpha value is -1.70. The zero-order valence-electron chi connectivity index (χ0n) is 11.8. The average molecular weight is 318 g/mol. The second-order valence-electron chi connectivity index (χ2n) is 5.43. The lowest BCUT2D eigenvalue weighted by atomic mass is 10.1. The first-order valence-electron chi connectivity index (χ1n) is 6.88. The first-order chi connectivity index (χ1) is 10.1. The predicted molar refractivity (Wildman–Crippen MR) is 89.0 cm³/mol. The lowest BCUT2D eigenvalue weighted by Crippen LogP contribution is -2.16. The number of nitrogens with two attached hydrogens (primary N) is 1. The van der Waals surface area contributed by atoms with E-state index < -0.39 is 0 Å². The Kier molecular flexibility index (Phi) is 3.79. The van der Waals surface area contributed by atoms with Gasteiger partial charge in [-0.2, -0.15) is 5.26 Å². The zero-order chi connectivity index (χ0) is 15.0. The molecule has 1 aliphatic carbocycles. The fourth-order valence-electron chi connectivity index (χ4n) is 2.51. The summed E-state index contributed by atoms with van der Waals surface area (Å²) in [4.78, 5) is 2.81. The number of thiophene rings is 1. The molecule has 0 atom stereocenters. The van der Waals surface area contributed by atoms with Crippen molar-refractivity contribution in [3.63, 3.8) is 0 Å². The minimum atomic E-state index is 0.533. The van der Waals surface area contributed by atoms with Crippen molar-refractivity contribution in [3.8, 4) is 6.07 Å². The molecule has 1 saturated carbocycles. The maximum Gasteiger partial charge on any atom is 0.130 e. The van der Waals surface area contributed by atoms with Crippen molar-refractivity contribution < 1.29 is 0 Å². The average Bonchev–Trinajstić information content (AvgIpc) is 3.25. The van der Waals surface area contributed by atoms with Gasteiger partial charge in [0.05, 0.1) is 10.7 Å². The Morgan fingerprint density at radius 3 is 2.62 bits per heavy atom.